The molecule has 0 fully saturated rings. The number of imide groups is 1. The fourth-order valence-corrected chi connectivity index (χ4v) is 2.20. The van der Waals surface area contributed by atoms with Crippen LogP contribution in [0.5, 0.6) is 0 Å². The molecule has 0 unspecified atom stereocenters. The summed E-state index contributed by atoms with van der Waals surface area (Å²) >= 11 is 0. The van der Waals surface area contributed by atoms with Gasteiger partial charge in [-0.1, -0.05) is 13.8 Å². The Morgan fingerprint density at radius 1 is 1.25 bits per heavy atom. The molecule has 0 aliphatic carbocycles. The van der Waals surface area contributed by atoms with Gasteiger partial charge in [0.1, 0.15) is 0 Å². The summed E-state index contributed by atoms with van der Waals surface area (Å²) in [6.07, 6.45) is 2.33. The number of amides is 2. The zero-order valence-corrected chi connectivity index (χ0v) is 9.86. The molecule has 0 spiro atoms. The highest BCUT2D eigenvalue weighted by molar-refractivity contribution is 7.86. The molecule has 2 amide bonds. The van der Waals surface area contributed by atoms with Crippen molar-refractivity contribution in [2.75, 3.05) is 5.75 Å². The van der Waals surface area contributed by atoms with E-state index >= 15 is 0 Å². The third-order valence-corrected chi connectivity index (χ3v) is 3.01. The van der Waals surface area contributed by atoms with Gasteiger partial charge in [-0.2, -0.15) is 8.42 Å². The third-order valence-electron chi connectivity index (χ3n) is 1.90. The predicted octanol–water partition coefficient (Wildman–Crippen LogP) is 0.219. The molecule has 0 saturated heterocycles. The van der Waals surface area contributed by atoms with E-state index in [1.165, 1.54) is 0 Å². The van der Waals surface area contributed by atoms with Crippen LogP contribution in [0.15, 0.2) is 12.2 Å². The maximum Gasteiger partial charge on any atom is 0.288 e. The van der Waals surface area contributed by atoms with Gasteiger partial charge in [-0.05, 0) is 12.3 Å². The first-order valence-electron chi connectivity index (χ1n) is 4.80. The van der Waals surface area contributed by atoms with Crippen molar-refractivity contribution >= 4 is 21.9 Å². The van der Waals surface area contributed by atoms with Crippen LogP contribution < -0.4 is 0 Å². The van der Waals surface area contributed by atoms with Crippen LogP contribution in [0.4, 0.5) is 0 Å². The van der Waals surface area contributed by atoms with Crippen molar-refractivity contribution < 1.29 is 22.3 Å². The molecule has 0 bridgehead atoms. The Hall–Kier alpha value is -1.21. The van der Waals surface area contributed by atoms with Crippen LogP contribution in [0.1, 0.15) is 20.3 Å². The summed E-state index contributed by atoms with van der Waals surface area (Å²) in [5, 5.41) is 0.246. The van der Waals surface area contributed by atoms with Crippen LogP contribution in [-0.4, -0.2) is 31.0 Å². The number of carbonyl (C=O) groups is 2. The summed E-state index contributed by atoms with van der Waals surface area (Å²) < 4.78 is 27.2. The van der Waals surface area contributed by atoms with Gasteiger partial charge in [0.2, 0.25) is 0 Å². The summed E-state index contributed by atoms with van der Waals surface area (Å²) in [5.74, 6) is -1.58. The maximum absolute atomic E-state index is 11.4. The van der Waals surface area contributed by atoms with E-state index in [4.69, 9.17) is 0 Å². The molecule has 1 heterocycles. The van der Waals surface area contributed by atoms with E-state index in [1.807, 2.05) is 13.8 Å². The van der Waals surface area contributed by atoms with E-state index in [1.54, 1.807) is 0 Å². The quantitative estimate of drug-likeness (QED) is 0.649. The summed E-state index contributed by atoms with van der Waals surface area (Å²) in [6.45, 7) is 3.73. The van der Waals surface area contributed by atoms with Gasteiger partial charge in [-0.15, -0.1) is 9.35 Å². The Morgan fingerprint density at radius 2 is 1.75 bits per heavy atom. The minimum Gasteiger partial charge on any atom is -0.267 e. The Kier molecular flexibility index (Phi) is 3.82. The first-order chi connectivity index (χ1) is 7.32. The van der Waals surface area contributed by atoms with Crippen LogP contribution in [0, 0.1) is 5.92 Å². The normalized spacial score (nSPS) is 16.6. The van der Waals surface area contributed by atoms with Crippen molar-refractivity contribution in [3.05, 3.63) is 12.2 Å². The van der Waals surface area contributed by atoms with Gasteiger partial charge in [0.15, 0.2) is 0 Å². The van der Waals surface area contributed by atoms with Crippen molar-refractivity contribution in [3.8, 4) is 0 Å². The number of hydrogen-bond donors (Lipinski definition) is 0. The molecule has 1 aliphatic heterocycles. The lowest BCUT2D eigenvalue weighted by Gasteiger charge is -2.13. The fourth-order valence-electron chi connectivity index (χ4n) is 0.991. The molecule has 90 valence electrons. The maximum atomic E-state index is 11.4. The predicted molar refractivity (Wildman–Crippen MR) is 55.3 cm³/mol. The van der Waals surface area contributed by atoms with Gasteiger partial charge in [0.05, 0.1) is 5.75 Å². The van der Waals surface area contributed by atoms with Gasteiger partial charge in [-0.3, -0.25) is 9.59 Å². The molecule has 0 N–H and O–H groups in total. The smallest absolute Gasteiger partial charge is 0.267 e. The van der Waals surface area contributed by atoms with Crippen molar-refractivity contribution in [1.82, 2.24) is 5.06 Å². The summed E-state index contributed by atoms with van der Waals surface area (Å²) in [4.78, 5) is 22.1. The monoisotopic (exact) mass is 247 g/mol. The lowest BCUT2D eigenvalue weighted by Crippen LogP contribution is -2.33. The first kappa shape index (κ1) is 12.9. The molecule has 0 aromatic rings. The van der Waals surface area contributed by atoms with Gasteiger partial charge >= 0.3 is 0 Å². The van der Waals surface area contributed by atoms with Gasteiger partial charge in [-0.25, -0.2) is 0 Å². The van der Waals surface area contributed by atoms with Gasteiger partial charge in [0, 0.05) is 12.2 Å². The van der Waals surface area contributed by atoms with E-state index in [-0.39, 0.29) is 16.7 Å². The Labute approximate surface area is 93.9 Å². The summed E-state index contributed by atoms with van der Waals surface area (Å²) in [5.41, 5.74) is 0. The van der Waals surface area contributed by atoms with Gasteiger partial charge in [0.25, 0.3) is 21.9 Å². The summed E-state index contributed by atoms with van der Waals surface area (Å²) in [6, 6.07) is 0. The molecular formula is C9H13NO5S. The SMILES string of the molecule is CC(C)CCS(=O)(=O)ON1C(=O)C=CC1=O. The van der Waals surface area contributed by atoms with E-state index < -0.39 is 21.9 Å². The van der Waals surface area contributed by atoms with Crippen molar-refractivity contribution in [2.24, 2.45) is 5.92 Å². The Morgan fingerprint density at radius 3 is 2.19 bits per heavy atom. The molecule has 0 saturated carbocycles. The molecule has 16 heavy (non-hydrogen) atoms. The van der Waals surface area contributed by atoms with Crippen LogP contribution in [-0.2, 0) is 24.0 Å². The van der Waals surface area contributed by atoms with E-state index in [9.17, 15) is 18.0 Å². The zero-order valence-electron chi connectivity index (χ0n) is 9.04. The molecule has 0 radical (unpaired) electrons. The molecular weight excluding hydrogens is 234 g/mol. The first-order valence-corrected chi connectivity index (χ1v) is 6.38. The topological polar surface area (TPSA) is 80.8 Å². The number of hydroxylamine groups is 2. The lowest BCUT2D eigenvalue weighted by molar-refractivity contribution is -0.161. The molecule has 6 nitrogen and oxygen atoms in total. The number of carbonyl (C=O) groups excluding carboxylic acids is 2. The Balaban J connectivity index is 2.60. The second kappa shape index (κ2) is 4.75. The molecule has 1 rings (SSSR count). The number of rotatable bonds is 5. The second-order valence-electron chi connectivity index (χ2n) is 3.82. The van der Waals surface area contributed by atoms with E-state index in [0.717, 1.165) is 12.2 Å². The molecule has 0 atom stereocenters. The van der Waals surface area contributed by atoms with Crippen LogP contribution in [0.3, 0.4) is 0 Å². The average molecular weight is 247 g/mol. The van der Waals surface area contributed by atoms with Crippen molar-refractivity contribution in [3.63, 3.8) is 0 Å². The number of nitrogens with zero attached hydrogens (tertiary/aromatic N) is 1. The molecule has 0 aromatic carbocycles. The third kappa shape index (κ3) is 3.42. The molecule has 7 heteroatoms. The largest absolute Gasteiger partial charge is 0.288 e. The summed E-state index contributed by atoms with van der Waals surface area (Å²) in [7, 11) is -3.88. The lowest BCUT2D eigenvalue weighted by atomic mass is 10.2. The highest BCUT2D eigenvalue weighted by Crippen LogP contribution is 2.11. The molecule has 0 aromatic heterocycles. The van der Waals surface area contributed by atoms with Crippen LogP contribution in [0.2, 0.25) is 0 Å². The van der Waals surface area contributed by atoms with Crippen molar-refractivity contribution in [1.29, 1.82) is 0 Å². The van der Waals surface area contributed by atoms with Crippen molar-refractivity contribution in [2.45, 2.75) is 20.3 Å². The van der Waals surface area contributed by atoms with Crippen LogP contribution >= 0.6 is 0 Å². The second-order valence-corrected chi connectivity index (χ2v) is 5.50. The zero-order chi connectivity index (χ0) is 12.3. The van der Waals surface area contributed by atoms with E-state index in [2.05, 4.69) is 4.28 Å². The average Bonchev–Trinajstić information content (AvgIpc) is 2.46. The number of hydrogen-bond acceptors (Lipinski definition) is 5. The molecule has 1 aliphatic rings. The standard InChI is InChI=1S/C9H13NO5S/c1-7(2)5-6-16(13,14)15-10-8(11)3-4-9(10)12/h3-4,7H,5-6H2,1-2H3. The van der Waals surface area contributed by atoms with Gasteiger partial charge < -0.3 is 0 Å². The van der Waals surface area contributed by atoms with E-state index in [0.29, 0.717) is 6.42 Å². The van der Waals surface area contributed by atoms with Crippen LogP contribution in [0.25, 0.3) is 0 Å². The highest BCUT2D eigenvalue weighted by atomic mass is 32.2. The fraction of sp³-hybridized carbons (Fsp3) is 0.556. The highest BCUT2D eigenvalue weighted by Gasteiger charge is 2.30. The Bertz CT molecular complexity index is 405. The minimum absolute atomic E-state index is 0.196. The minimum atomic E-state index is -3.88.